The molecule has 1 saturated carbocycles. The summed E-state index contributed by atoms with van der Waals surface area (Å²) in [6.45, 7) is 2.00. The SMILES string of the molecule is O=C(CN1CCC(NC(=O)C2CC2c2ccccc2Cl)CC1)Nc1ccccc1. The van der Waals surface area contributed by atoms with Crippen LogP contribution in [0, 0.1) is 5.92 Å². The molecule has 1 aliphatic carbocycles. The van der Waals surface area contributed by atoms with E-state index in [1.165, 1.54) is 0 Å². The van der Waals surface area contributed by atoms with E-state index in [0.717, 1.165) is 48.6 Å². The molecule has 2 amide bonds. The van der Waals surface area contributed by atoms with Crippen molar-refractivity contribution in [3.63, 3.8) is 0 Å². The number of hydrogen-bond donors (Lipinski definition) is 2. The molecule has 6 heteroatoms. The van der Waals surface area contributed by atoms with E-state index in [0.29, 0.717) is 6.54 Å². The minimum absolute atomic E-state index is 0.000697. The second-order valence-electron chi connectivity index (χ2n) is 7.94. The number of anilines is 1. The third-order valence-corrected chi connectivity index (χ3v) is 6.13. The molecule has 1 saturated heterocycles. The molecule has 0 spiro atoms. The molecule has 5 nitrogen and oxygen atoms in total. The maximum Gasteiger partial charge on any atom is 0.238 e. The van der Waals surface area contributed by atoms with Crippen LogP contribution in [-0.2, 0) is 9.59 Å². The number of rotatable bonds is 6. The smallest absolute Gasteiger partial charge is 0.238 e. The average molecular weight is 412 g/mol. The summed E-state index contributed by atoms with van der Waals surface area (Å²) in [7, 11) is 0. The van der Waals surface area contributed by atoms with E-state index in [-0.39, 0.29) is 29.7 Å². The van der Waals surface area contributed by atoms with Gasteiger partial charge in [-0.1, -0.05) is 48.0 Å². The Kier molecular flexibility index (Phi) is 6.16. The first-order valence-corrected chi connectivity index (χ1v) is 10.6. The number of para-hydroxylation sites is 1. The van der Waals surface area contributed by atoms with Crippen molar-refractivity contribution in [2.45, 2.75) is 31.2 Å². The summed E-state index contributed by atoms with van der Waals surface area (Å²) >= 11 is 6.26. The number of nitrogens with zero attached hydrogens (tertiary/aromatic N) is 1. The molecule has 0 radical (unpaired) electrons. The van der Waals surface area contributed by atoms with Crippen molar-refractivity contribution in [3.05, 3.63) is 65.2 Å². The minimum Gasteiger partial charge on any atom is -0.353 e. The van der Waals surface area contributed by atoms with E-state index in [1.54, 1.807) is 0 Å². The van der Waals surface area contributed by atoms with Crippen LogP contribution in [-0.4, -0.2) is 42.4 Å². The molecule has 2 aliphatic rings. The largest absolute Gasteiger partial charge is 0.353 e. The van der Waals surface area contributed by atoms with Gasteiger partial charge in [-0.3, -0.25) is 14.5 Å². The Labute approximate surface area is 176 Å². The molecular formula is C23H26ClN3O2. The standard InChI is InChI=1S/C23H26ClN3O2/c24-21-9-5-4-8-18(21)19-14-20(19)23(29)26-17-10-12-27(13-11-17)15-22(28)25-16-6-2-1-3-7-16/h1-9,17,19-20H,10-15H2,(H,25,28)(H,26,29). The van der Waals surface area contributed by atoms with Gasteiger partial charge in [0.05, 0.1) is 6.54 Å². The molecule has 0 aromatic heterocycles. The molecule has 2 unspecified atom stereocenters. The van der Waals surface area contributed by atoms with Crippen LogP contribution in [0.2, 0.25) is 5.02 Å². The molecule has 2 N–H and O–H groups in total. The molecule has 1 heterocycles. The third-order valence-electron chi connectivity index (χ3n) is 5.79. The zero-order valence-corrected chi connectivity index (χ0v) is 17.1. The first kappa shape index (κ1) is 19.9. The summed E-state index contributed by atoms with van der Waals surface area (Å²) in [4.78, 5) is 26.9. The van der Waals surface area contributed by atoms with Gasteiger partial charge in [0, 0.05) is 35.8 Å². The number of amides is 2. The highest BCUT2D eigenvalue weighted by Crippen LogP contribution is 2.49. The summed E-state index contributed by atoms with van der Waals surface area (Å²) in [6.07, 6.45) is 2.61. The predicted octanol–water partition coefficient (Wildman–Crippen LogP) is 3.66. The first-order valence-electron chi connectivity index (χ1n) is 10.2. The van der Waals surface area contributed by atoms with E-state index in [4.69, 9.17) is 11.6 Å². The fraction of sp³-hybridized carbons (Fsp3) is 0.391. The number of carbonyl (C=O) groups is 2. The van der Waals surface area contributed by atoms with Crippen LogP contribution in [0.5, 0.6) is 0 Å². The maximum atomic E-state index is 12.6. The minimum atomic E-state index is -0.000697. The number of likely N-dealkylation sites (tertiary alicyclic amines) is 1. The van der Waals surface area contributed by atoms with Crippen molar-refractivity contribution < 1.29 is 9.59 Å². The average Bonchev–Trinajstić information content (AvgIpc) is 3.51. The summed E-state index contributed by atoms with van der Waals surface area (Å²) < 4.78 is 0. The van der Waals surface area contributed by atoms with Gasteiger partial charge in [0.1, 0.15) is 0 Å². The Morgan fingerprint density at radius 3 is 2.41 bits per heavy atom. The molecule has 4 rings (SSSR count). The Morgan fingerprint density at radius 1 is 1.00 bits per heavy atom. The van der Waals surface area contributed by atoms with Gasteiger partial charge in [0.2, 0.25) is 11.8 Å². The zero-order valence-electron chi connectivity index (χ0n) is 16.3. The van der Waals surface area contributed by atoms with Gasteiger partial charge in [-0.25, -0.2) is 0 Å². The quantitative estimate of drug-likeness (QED) is 0.762. The van der Waals surface area contributed by atoms with Crippen molar-refractivity contribution >= 4 is 29.1 Å². The van der Waals surface area contributed by atoms with Crippen LogP contribution >= 0.6 is 11.6 Å². The lowest BCUT2D eigenvalue weighted by molar-refractivity contribution is -0.124. The van der Waals surface area contributed by atoms with E-state index >= 15 is 0 Å². The van der Waals surface area contributed by atoms with Crippen LogP contribution in [0.1, 0.15) is 30.7 Å². The number of piperidine rings is 1. The van der Waals surface area contributed by atoms with Crippen LogP contribution in [0.25, 0.3) is 0 Å². The second kappa shape index (κ2) is 8.97. The normalized spacial score (nSPS) is 22.1. The van der Waals surface area contributed by atoms with Crippen molar-refractivity contribution in [2.24, 2.45) is 5.92 Å². The second-order valence-corrected chi connectivity index (χ2v) is 8.35. The molecular weight excluding hydrogens is 386 g/mol. The van der Waals surface area contributed by atoms with Crippen molar-refractivity contribution in [3.8, 4) is 0 Å². The van der Waals surface area contributed by atoms with Gasteiger partial charge >= 0.3 is 0 Å². The van der Waals surface area contributed by atoms with Gasteiger partial charge in [-0.15, -0.1) is 0 Å². The summed E-state index contributed by atoms with van der Waals surface area (Å²) in [5.41, 5.74) is 1.89. The zero-order chi connectivity index (χ0) is 20.2. The Balaban J connectivity index is 1.19. The number of benzene rings is 2. The highest BCUT2D eigenvalue weighted by Gasteiger charge is 2.45. The van der Waals surface area contributed by atoms with Crippen LogP contribution in [0.15, 0.2) is 54.6 Å². The molecule has 29 heavy (non-hydrogen) atoms. The lowest BCUT2D eigenvalue weighted by Crippen LogP contribution is -2.47. The molecule has 2 aromatic rings. The van der Waals surface area contributed by atoms with Crippen LogP contribution in [0.4, 0.5) is 5.69 Å². The number of hydrogen-bond acceptors (Lipinski definition) is 3. The van der Waals surface area contributed by atoms with Gasteiger partial charge < -0.3 is 10.6 Å². The Hall–Kier alpha value is -2.37. The molecule has 152 valence electrons. The van der Waals surface area contributed by atoms with Crippen LogP contribution in [0.3, 0.4) is 0 Å². The van der Waals surface area contributed by atoms with E-state index < -0.39 is 0 Å². The monoisotopic (exact) mass is 411 g/mol. The van der Waals surface area contributed by atoms with Gasteiger partial charge in [-0.05, 0) is 48.9 Å². The summed E-state index contributed by atoms with van der Waals surface area (Å²) in [6, 6.07) is 17.5. The fourth-order valence-corrected chi connectivity index (χ4v) is 4.35. The van der Waals surface area contributed by atoms with Gasteiger partial charge in [0.25, 0.3) is 0 Å². The Bertz CT molecular complexity index is 865. The van der Waals surface area contributed by atoms with E-state index in [9.17, 15) is 9.59 Å². The predicted molar refractivity (Wildman–Crippen MR) is 115 cm³/mol. The first-order chi connectivity index (χ1) is 14.1. The fourth-order valence-electron chi connectivity index (χ4n) is 4.07. The van der Waals surface area contributed by atoms with E-state index in [2.05, 4.69) is 15.5 Å². The molecule has 2 aromatic carbocycles. The molecule has 1 aliphatic heterocycles. The van der Waals surface area contributed by atoms with Gasteiger partial charge in [0.15, 0.2) is 0 Å². The molecule has 2 fully saturated rings. The van der Waals surface area contributed by atoms with Crippen molar-refractivity contribution in [1.82, 2.24) is 10.2 Å². The highest BCUT2D eigenvalue weighted by atomic mass is 35.5. The topological polar surface area (TPSA) is 61.4 Å². The van der Waals surface area contributed by atoms with Crippen molar-refractivity contribution in [2.75, 3.05) is 25.0 Å². The highest BCUT2D eigenvalue weighted by molar-refractivity contribution is 6.31. The summed E-state index contributed by atoms with van der Waals surface area (Å²) in [5, 5.41) is 6.87. The number of carbonyl (C=O) groups excluding carboxylic acids is 2. The molecule has 2 atom stereocenters. The van der Waals surface area contributed by atoms with Crippen molar-refractivity contribution in [1.29, 1.82) is 0 Å². The maximum absolute atomic E-state index is 12.6. The van der Waals surface area contributed by atoms with E-state index in [1.807, 2.05) is 54.6 Å². The number of nitrogens with one attached hydrogen (secondary N) is 2. The lowest BCUT2D eigenvalue weighted by atomic mass is 10.0. The van der Waals surface area contributed by atoms with Gasteiger partial charge in [-0.2, -0.15) is 0 Å². The lowest BCUT2D eigenvalue weighted by Gasteiger charge is -2.32. The molecule has 0 bridgehead atoms. The third kappa shape index (κ3) is 5.17. The number of halogens is 1. The van der Waals surface area contributed by atoms with Crippen LogP contribution < -0.4 is 10.6 Å². The summed E-state index contributed by atoms with van der Waals surface area (Å²) in [5.74, 6) is 0.407. The Morgan fingerprint density at radius 2 is 1.69 bits per heavy atom.